The summed E-state index contributed by atoms with van der Waals surface area (Å²) in [7, 11) is 2.11. The summed E-state index contributed by atoms with van der Waals surface area (Å²) < 4.78 is 16.7. The van der Waals surface area contributed by atoms with Crippen LogP contribution in [0.5, 0.6) is 5.75 Å². The highest BCUT2D eigenvalue weighted by Crippen LogP contribution is 2.27. The summed E-state index contributed by atoms with van der Waals surface area (Å²) in [5, 5.41) is 7.38. The third kappa shape index (κ3) is 4.31. The molecule has 0 unspecified atom stereocenters. The molecule has 2 heterocycles. The first kappa shape index (κ1) is 16.9. The average molecular weight is 332 g/mol. The molecule has 1 saturated heterocycles. The van der Waals surface area contributed by atoms with Crippen LogP contribution in [0.3, 0.4) is 0 Å². The third-order valence-electron chi connectivity index (χ3n) is 3.89. The molecule has 0 aliphatic carbocycles. The maximum absolute atomic E-state index is 5.72. The first-order chi connectivity index (χ1) is 11.8. The molecule has 1 aromatic heterocycles. The van der Waals surface area contributed by atoms with E-state index in [1.54, 1.807) is 0 Å². The van der Waals surface area contributed by atoms with Gasteiger partial charge >= 0.3 is 0 Å². The molecular weight excluding hydrogens is 308 g/mol. The van der Waals surface area contributed by atoms with Crippen molar-refractivity contribution in [2.24, 2.45) is 0 Å². The van der Waals surface area contributed by atoms with Crippen molar-refractivity contribution in [1.82, 2.24) is 20.4 Å². The molecular formula is C17H24N4O3. The summed E-state index contributed by atoms with van der Waals surface area (Å²) in [6.07, 6.45) is 0.199. The van der Waals surface area contributed by atoms with Gasteiger partial charge in [0, 0.05) is 19.6 Å². The number of aromatic nitrogens is 2. The van der Waals surface area contributed by atoms with Crippen molar-refractivity contribution in [1.29, 1.82) is 0 Å². The fourth-order valence-corrected chi connectivity index (χ4v) is 2.70. The molecule has 0 saturated carbocycles. The number of rotatable bonds is 7. The number of likely N-dealkylation sites (N-methyl/N-ethyl adjacent to an activating group) is 1. The Morgan fingerprint density at radius 3 is 3.08 bits per heavy atom. The van der Waals surface area contributed by atoms with Crippen LogP contribution in [0.4, 0.5) is 0 Å². The van der Waals surface area contributed by atoms with Crippen LogP contribution in [0.2, 0.25) is 0 Å². The van der Waals surface area contributed by atoms with E-state index >= 15 is 0 Å². The van der Waals surface area contributed by atoms with Crippen LogP contribution >= 0.6 is 0 Å². The normalized spacial score (nSPS) is 18.7. The summed E-state index contributed by atoms with van der Waals surface area (Å²) >= 11 is 0. The Bertz CT molecular complexity index is 646. The molecule has 3 rings (SSSR count). The third-order valence-corrected chi connectivity index (χ3v) is 3.89. The van der Waals surface area contributed by atoms with E-state index in [0.29, 0.717) is 24.9 Å². The zero-order valence-corrected chi connectivity index (χ0v) is 14.2. The summed E-state index contributed by atoms with van der Waals surface area (Å²) in [5.41, 5.74) is 0.839. The number of ether oxygens (including phenoxy) is 2. The Kier molecular flexibility index (Phi) is 5.79. The first-order valence-corrected chi connectivity index (χ1v) is 8.32. The Hall–Kier alpha value is -1.96. The van der Waals surface area contributed by atoms with Crippen molar-refractivity contribution in [3.05, 3.63) is 30.2 Å². The zero-order chi connectivity index (χ0) is 16.8. The molecule has 1 aromatic carbocycles. The number of nitrogens with one attached hydrogen (secondary N) is 1. The van der Waals surface area contributed by atoms with Crippen LogP contribution in [0, 0.1) is 0 Å². The number of hydrogen-bond donors (Lipinski definition) is 1. The monoisotopic (exact) mass is 332 g/mol. The lowest BCUT2D eigenvalue weighted by atomic mass is 10.2. The van der Waals surface area contributed by atoms with E-state index in [4.69, 9.17) is 14.0 Å². The second-order valence-electron chi connectivity index (χ2n) is 5.83. The highest BCUT2D eigenvalue weighted by atomic mass is 16.5. The van der Waals surface area contributed by atoms with Gasteiger partial charge in [0.2, 0.25) is 11.7 Å². The minimum absolute atomic E-state index is 0.199. The smallest absolute Gasteiger partial charge is 0.240 e. The van der Waals surface area contributed by atoms with Crippen molar-refractivity contribution in [2.45, 2.75) is 19.6 Å². The van der Waals surface area contributed by atoms with Gasteiger partial charge in [0.25, 0.3) is 0 Å². The summed E-state index contributed by atoms with van der Waals surface area (Å²) in [5.74, 6) is 1.86. The van der Waals surface area contributed by atoms with Crippen molar-refractivity contribution >= 4 is 0 Å². The number of nitrogens with zero attached hydrogens (tertiary/aromatic N) is 3. The van der Waals surface area contributed by atoms with E-state index in [9.17, 15) is 0 Å². The maximum Gasteiger partial charge on any atom is 0.240 e. The molecule has 7 heteroatoms. The van der Waals surface area contributed by atoms with Crippen LogP contribution in [-0.4, -0.2) is 61.0 Å². The quantitative estimate of drug-likeness (QED) is 0.825. The maximum atomic E-state index is 5.72. The molecule has 2 aromatic rings. The fourth-order valence-electron chi connectivity index (χ4n) is 2.70. The van der Waals surface area contributed by atoms with Gasteiger partial charge in [-0.1, -0.05) is 17.3 Å². The molecule has 1 fully saturated rings. The van der Waals surface area contributed by atoms with Crippen LogP contribution in [-0.2, 0) is 11.3 Å². The Morgan fingerprint density at radius 2 is 2.25 bits per heavy atom. The van der Waals surface area contributed by atoms with E-state index in [1.807, 2.05) is 31.2 Å². The van der Waals surface area contributed by atoms with E-state index in [0.717, 1.165) is 37.6 Å². The van der Waals surface area contributed by atoms with E-state index in [2.05, 4.69) is 27.4 Å². The summed E-state index contributed by atoms with van der Waals surface area (Å²) in [4.78, 5) is 6.72. The Balaban J connectivity index is 1.56. The molecule has 7 nitrogen and oxygen atoms in total. The predicted molar refractivity (Wildman–Crippen MR) is 89.8 cm³/mol. The second-order valence-corrected chi connectivity index (χ2v) is 5.83. The lowest BCUT2D eigenvalue weighted by Crippen LogP contribution is -2.44. The van der Waals surface area contributed by atoms with Crippen molar-refractivity contribution in [3.8, 4) is 17.1 Å². The van der Waals surface area contributed by atoms with Crippen LogP contribution in [0.15, 0.2) is 28.8 Å². The molecule has 130 valence electrons. The molecule has 1 atom stereocenters. The molecule has 1 N–H and O–H groups in total. The van der Waals surface area contributed by atoms with Gasteiger partial charge in [-0.25, -0.2) is 0 Å². The van der Waals surface area contributed by atoms with Crippen molar-refractivity contribution in [2.75, 3.05) is 39.9 Å². The van der Waals surface area contributed by atoms with Gasteiger partial charge in [-0.3, -0.25) is 0 Å². The second kappa shape index (κ2) is 8.23. The summed E-state index contributed by atoms with van der Waals surface area (Å²) in [6.45, 7) is 6.53. The fraction of sp³-hybridized carbons (Fsp3) is 0.529. The Labute approximate surface area is 141 Å². The van der Waals surface area contributed by atoms with Gasteiger partial charge in [-0.15, -0.1) is 0 Å². The topological polar surface area (TPSA) is 72.7 Å². The van der Waals surface area contributed by atoms with E-state index < -0.39 is 0 Å². The molecule has 0 amide bonds. The lowest BCUT2D eigenvalue weighted by Gasteiger charge is -2.30. The van der Waals surface area contributed by atoms with E-state index in [-0.39, 0.29) is 6.10 Å². The van der Waals surface area contributed by atoms with Gasteiger partial charge in [-0.05, 0) is 26.1 Å². The van der Waals surface area contributed by atoms with Crippen LogP contribution < -0.4 is 10.1 Å². The number of morpholine rings is 1. The SMILES string of the molecule is CCOc1ccccc1-c1noc(CNC[C@H]2CN(C)CCO2)n1. The van der Waals surface area contributed by atoms with Crippen molar-refractivity contribution < 1.29 is 14.0 Å². The van der Waals surface area contributed by atoms with Gasteiger partial charge in [0.05, 0.1) is 31.4 Å². The zero-order valence-electron chi connectivity index (χ0n) is 14.2. The Morgan fingerprint density at radius 1 is 1.38 bits per heavy atom. The largest absolute Gasteiger partial charge is 0.493 e. The minimum atomic E-state index is 0.199. The average Bonchev–Trinajstić information content (AvgIpc) is 3.04. The highest BCUT2D eigenvalue weighted by Gasteiger charge is 2.18. The molecule has 1 aliphatic rings. The first-order valence-electron chi connectivity index (χ1n) is 8.32. The molecule has 24 heavy (non-hydrogen) atoms. The molecule has 1 aliphatic heterocycles. The predicted octanol–water partition coefficient (Wildman–Crippen LogP) is 1.56. The molecule has 0 bridgehead atoms. The van der Waals surface area contributed by atoms with Gasteiger partial charge in [0.1, 0.15) is 5.75 Å². The highest BCUT2D eigenvalue weighted by molar-refractivity contribution is 5.63. The van der Waals surface area contributed by atoms with Crippen LogP contribution in [0.1, 0.15) is 12.8 Å². The number of para-hydroxylation sites is 1. The van der Waals surface area contributed by atoms with Gasteiger partial charge in [-0.2, -0.15) is 4.98 Å². The minimum Gasteiger partial charge on any atom is -0.493 e. The number of benzene rings is 1. The van der Waals surface area contributed by atoms with Gasteiger partial charge < -0.3 is 24.2 Å². The van der Waals surface area contributed by atoms with E-state index in [1.165, 1.54) is 0 Å². The molecule has 0 radical (unpaired) electrons. The van der Waals surface area contributed by atoms with Crippen molar-refractivity contribution in [3.63, 3.8) is 0 Å². The molecule has 0 spiro atoms. The summed E-state index contributed by atoms with van der Waals surface area (Å²) in [6, 6.07) is 7.70. The number of hydrogen-bond acceptors (Lipinski definition) is 7. The van der Waals surface area contributed by atoms with Gasteiger partial charge in [0.15, 0.2) is 0 Å². The lowest BCUT2D eigenvalue weighted by molar-refractivity contribution is -0.0184. The standard InChI is InChI=1S/C17H24N4O3/c1-3-22-15-7-5-4-6-14(15)17-19-16(24-20-17)11-18-10-13-12-21(2)8-9-23-13/h4-7,13,18H,3,8-12H2,1-2H3/t13-/m0/s1. The van der Waals surface area contributed by atoms with Crippen LogP contribution in [0.25, 0.3) is 11.4 Å².